The molecular formula is C22H21FN8O2. The average Bonchev–Trinajstić information content (AvgIpc) is 3.47. The first-order valence-electron chi connectivity index (χ1n) is 10.4. The number of nitrogens with one attached hydrogen (secondary N) is 1. The second-order valence-corrected chi connectivity index (χ2v) is 7.50. The molecule has 0 spiro atoms. The van der Waals surface area contributed by atoms with Crippen LogP contribution in [-0.4, -0.2) is 66.7 Å². The zero-order chi connectivity index (χ0) is 22.8. The molecule has 0 unspecified atom stereocenters. The first kappa shape index (κ1) is 20.9. The third-order valence-electron chi connectivity index (χ3n) is 5.29. The first-order chi connectivity index (χ1) is 16.1. The molecule has 0 radical (unpaired) electrons. The number of aromatic nitrogens is 6. The first-order valence-corrected chi connectivity index (χ1v) is 10.4. The van der Waals surface area contributed by atoms with Gasteiger partial charge < -0.3 is 4.74 Å². The van der Waals surface area contributed by atoms with Gasteiger partial charge in [-0.1, -0.05) is 17.3 Å². The normalized spacial score (nSPS) is 14.4. The Morgan fingerprint density at radius 3 is 2.70 bits per heavy atom. The minimum atomic E-state index is -0.407. The van der Waals surface area contributed by atoms with E-state index in [1.165, 1.54) is 16.9 Å². The summed E-state index contributed by atoms with van der Waals surface area (Å²) < 4.78 is 22.8. The number of hydrazine groups is 1. The Balaban J connectivity index is 1.37. The largest absolute Gasteiger partial charge is 0.379 e. The number of morpholine rings is 1. The van der Waals surface area contributed by atoms with Crippen molar-refractivity contribution in [2.75, 3.05) is 26.3 Å². The van der Waals surface area contributed by atoms with E-state index in [9.17, 15) is 9.18 Å². The molecule has 1 amide bonds. The van der Waals surface area contributed by atoms with E-state index in [1.54, 1.807) is 54.3 Å². The van der Waals surface area contributed by atoms with Crippen LogP contribution in [0.1, 0.15) is 16.1 Å². The number of halogens is 1. The molecule has 4 heterocycles. The van der Waals surface area contributed by atoms with Crippen molar-refractivity contribution >= 4 is 5.91 Å². The highest BCUT2D eigenvalue weighted by Gasteiger charge is 2.19. The Hall–Kier alpha value is -3.96. The molecular weight excluding hydrogens is 427 g/mol. The van der Waals surface area contributed by atoms with Crippen molar-refractivity contribution in [1.82, 2.24) is 40.0 Å². The molecule has 1 N–H and O–H groups in total. The minimum absolute atomic E-state index is 0.224. The lowest BCUT2D eigenvalue weighted by Gasteiger charge is -2.26. The number of benzene rings is 1. The number of hydrogen-bond donors (Lipinski definition) is 1. The van der Waals surface area contributed by atoms with E-state index in [0.717, 1.165) is 0 Å². The fourth-order valence-corrected chi connectivity index (χ4v) is 3.57. The third-order valence-corrected chi connectivity index (χ3v) is 5.29. The quantitative estimate of drug-likeness (QED) is 0.498. The number of hydrogen-bond acceptors (Lipinski definition) is 7. The van der Waals surface area contributed by atoms with Crippen LogP contribution < -0.4 is 5.43 Å². The SMILES string of the molecule is Cc1nnn(-c2ccccc2F)c1-c1cn(-c2ccc(C(=O)NN3CCOCC3)cn2)cn1. The number of para-hydroxylation sites is 1. The van der Waals surface area contributed by atoms with Gasteiger partial charge in [-0.25, -0.2) is 24.0 Å². The van der Waals surface area contributed by atoms with Crippen LogP contribution in [0.4, 0.5) is 4.39 Å². The number of ether oxygens (including phenoxy) is 1. The lowest BCUT2D eigenvalue weighted by Crippen LogP contribution is -2.48. The van der Waals surface area contributed by atoms with Crippen LogP contribution >= 0.6 is 0 Å². The lowest BCUT2D eigenvalue weighted by atomic mass is 10.2. The van der Waals surface area contributed by atoms with Crippen LogP contribution in [0.3, 0.4) is 0 Å². The smallest absolute Gasteiger partial charge is 0.267 e. The van der Waals surface area contributed by atoms with Crippen molar-refractivity contribution in [3.05, 3.63) is 72.2 Å². The molecule has 1 aromatic carbocycles. The zero-order valence-electron chi connectivity index (χ0n) is 17.8. The Morgan fingerprint density at radius 1 is 1.12 bits per heavy atom. The van der Waals surface area contributed by atoms with Crippen molar-refractivity contribution in [2.24, 2.45) is 0 Å². The van der Waals surface area contributed by atoms with Gasteiger partial charge in [0.2, 0.25) is 0 Å². The van der Waals surface area contributed by atoms with Crippen molar-refractivity contribution in [1.29, 1.82) is 0 Å². The topological polar surface area (TPSA) is 103 Å². The van der Waals surface area contributed by atoms with Gasteiger partial charge in [0, 0.05) is 25.5 Å². The van der Waals surface area contributed by atoms with Crippen LogP contribution in [-0.2, 0) is 4.74 Å². The number of rotatable bonds is 5. The molecule has 0 atom stereocenters. The summed E-state index contributed by atoms with van der Waals surface area (Å²) in [5.41, 5.74) is 5.36. The molecule has 4 aromatic rings. The van der Waals surface area contributed by atoms with E-state index in [4.69, 9.17) is 4.74 Å². The lowest BCUT2D eigenvalue weighted by molar-refractivity contribution is 0.0126. The van der Waals surface area contributed by atoms with Crippen molar-refractivity contribution < 1.29 is 13.9 Å². The average molecular weight is 448 g/mol. The van der Waals surface area contributed by atoms with Gasteiger partial charge in [-0.2, -0.15) is 0 Å². The second-order valence-electron chi connectivity index (χ2n) is 7.50. The van der Waals surface area contributed by atoms with Gasteiger partial charge in [-0.05, 0) is 31.2 Å². The second kappa shape index (κ2) is 8.88. The number of nitrogens with zero attached hydrogens (tertiary/aromatic N) is 7. The molecule has 10 nitrogen and oxygen atoms in total. The fraction of sp³-hybridized carbons (Fsp3) is 0.227. The van der Waals surface area contributed by atoms with E-state index in [-0.39, 0.29) is 11.6 Å². The molecule has 0 aliphatic carbocycles. The summed E-state index contributed by atoms with van der Waals surface area (Å²) in [6.07, 6.45) is 4.88. The maximum absolute atomic E-state index is 14.3. The van der Waals surface area contributed by atoms with E-state index in [1.807, 2.05) is 5.01 Å². The van der Waals surface area contributed by atoms with Crippen LogP contribution in [0.25, 0.3) is 22.9 Å². The standard InChI is InChI=1S/C22H21FN8O2/c1-15-21(31(28-26-15)19-5-3-2-4-17(19)23)18-13-29(14-25-18)20-7-6-16(12-24-20)22(32)27-30-8-10-33-11-9-30/h2-7,12-14H,8-11H2,1H3,(H,27,32). The maximum atomic E-state index is 14.3. The van der Waals surface area contributed by atoms with Gasteiger partial charge >= 0.3 is 0 Å². The van der Waals surface area contributed by atoms with Gasteiger partial charge in [0.1, 0.15) is 35.0 Å². The number of pyridine rings is 1. The minimum Gasteiger partial charge on any atom is -0.379 e. The molecule has 11 heteroatoms. The van der Waals surface area contributed by atoms with E-state index in [2.05, 4.69) is 25.7 Å². The summed E-state index contributed by atoms with van der Waals surface area (Å²) in [5, 5.41) is 10.0. The number of imidazole rings is 1. The monoisotopic (exact) mass is 448 g/mol. The fourth-order valence-electron chi connectivity index (χ4n) is 3.57. The Kier molecular flexibility index (Phi) is 5.63. The molecule has 1 aliphatic heterocycles. The summed E-state index contributed by atoms with van der Waals surface area (Å²) in [4.78, 5) is 21.3. The molecule has 33 heavy (non-hydrogen) atoms. The summed E-state index contributed by atoms with van der Waals surface area (Å²) in [6, 6.07) is 9.79. The highest BCUT2D eigenvalue weighted by atomic mass is 19.1. The number of carbonyl (C=O) groups excluding carboxylic acids is 1. The molecule has 5 rings (SSSR count). The molecule has 0 saturated carbocycles. The Bertz CT molecular complexity index is 1280. The van der Waals surface area contributed by atoms with Crippen LogP contribution in [0.2, 0.25) is 0 Å². The number of aryl methyl sites for hydroxylation is 1. The maximum Gasteiger partial charge on any atom is 0.267 e. The van der Waals surface area contributed by atoms with E-state index >= 15 is 0 Å². The number of amides is 1. The molecule has 1 saturated heterocycles. The van der Waals surface area contributed by atoms with Crippen LogP contribution in [0, 0.1) is 12.7 Å². The van der Waals surface area contributed by atoms with Crippen molar-refractivity contribution in [3.8, 4) is 22.9 Å². The molecule has 168 valence electrons. The third kappa shape index (κ3) is 4.23. The van der Waals surface area contributed by atoms with Gasteiger partial charge in [0.05, 0.1) is 24.5 Å². The highest BCUT2D eigenvalue weighted by Crippen LogP contribution is 2.25. The van der Waals surface area contributed by atoms with Gasteiger partial charge in [0.15, 0.2) is 0 Å². The summed E-state index contributed by atoms with van der Waals surface area (Å²) in [7, 11) is 0. The van der Waals surface area contributed by atoms with E-state index in [0.29, 0.717) is 54.8 Å². The van der Waals surface area contributed by atoms with Crippen molar-refractivity contribution in [3.63, 3.8) is 0 Å². The molecule has 1 fully saturated rings. The number of carbonyl (C=O) groups is 1. The summed E-state index contributed by atoms with van der Waals surface area (Å²) >= 11 is 0. The summed E-state index contributed by atoms with van der Waals surface area (Å²) in [6.45, 7) is 4.26. The van der Waals surface area contributed by atoms with Crippen LogP contribution in [0.15, 0.2) is 55.1 Å². The summed E-state index contributed by atoms with van der Waals surface area (Å²) in [5.74, 6) is -0.0484. The highest BCUT2D eigenvalue weighted by molar-refractivity contribution is 5.93. The van der Waals surface area contributed by atoms with E-state index < -0.39 is 5.82 Å². The van der Waals surface area contributed by atoms with Gasteiger partial charge in [-0.3, -0.25) is 14.8 Å². The van der Waals surface area contributed by atoms with Gasteiger partial charge in [-0.15, -0.1) is 5.10 Å². The molecule has 0 bridgehead atoms. The Morgan fingerprint density at radius 2 is 1.94 bits per heavy atom. The van der Waals surface area contributed by atoms with Crippen molar-refractivity contribution in [2.45, 2.75) is 6.92 Å². The predicted molar refractivity (Wildman–Crippen MR) is 116 cm³/mol. The zero-order valence-corrected chi connectivity index (χ0v) is 17.8. The van der Waals surface area contributed by atoms with Crippen LogP contribution in [0.5, 0.6) is 0 Å². The Labute approximate surface area is 188 Å². The predicted octanol–water partition coefficient (Wildman–Crippen LogP) is 1.94. The van der Waals surface area contributed by atoms with Gasteiger partial charge in [0.25, 0.3) is 5.91 Å². The molecule has 3 aromatic heterocycles. The molecule has 1 aliphatic rings.